The van der Waals surface area contributed by atoms with Crippen molar-refractivity contribution in [3.8, 4) is 0 Å². The third-order valence-corrected chi connectivity index (χ3v) is 2.08. The van der Waals surface area contributed by atoms with Crippen molar-refractivity contribution in [1.29, 1.82) is 0 Å². The molecule has 0 spiro atoms. The first-order chi connectivity index (χ1) is 7.06. The predicted molar refractivity (Wildman–Crippen MR) is 53.0 cm³/mol. The Morgan fingerprint density at radius 2 is 2.33 bits per heavy atom. The second kappa shape index (κ2) is 5.09. The van der Waals surface area contributed by atoms with E-state index in [1.165, 1.54) is 12.1 Å². The summed E-state index contributed by atoms with van der Waals surface area (Å²) in [5.41, 5.74) is 0.121. The summed E-state index contributed by atoms with van der Waals surface area (Å²) in [5, 5.41) is 9.39. The van der Waals surface area contributed by atoms with Crippen LogP contribution in [0.5, 0.6) is 0 Å². The van der Waals surface area contributed by atoms with E-state index in [0.29, 0.717) is 0 Å². The molecule has 0 aliphatic carbocycles. The Kier molecular flexibility index (Phi) is 4.05. The van der Waals surface area contributed by atoms with E-state index in [1.807, 2.05) is 0 Å². The van der Waals surface area contributed by atoms with Gasteiger partial charge in [0.15, 0.2) is 6.10 Å². The maximum atomic E-state index is 13.0. The number of aliphatic hydroxyl groups excluding tert-OH is 1. The summed E-state index contributed by atoms with van der Waals surface area (Å²) >= 11 is 5.45. The van der Waals surface area contributed by atoms with Crippen LogP contribution in [0.25, 0.3) is 0 Å². The Balaban J connectivity index is 2.86. The van der Waals surface area contributed by atoms with Crippen molar-refractivity contribution in [2.75, 3.05) is 6.61 Å². The molecule has 0 bridgehead atoms. The number of esters is 1. The summed E-state index contributed by atoms with van der Waals surface area (Å²) in [6.45, 7) is 1.78. The zero-order valence-electron chi connectivity index (χ0n) is 8.04. The average Bonchev–Trinajstić information content (AvgIpc) is 2.21. The molecule has 0 heterocycles. The molecule has 0 fully saturated rings. The van der Waals surface area contributed by atoms with Gasteiger partial charge >= 0.3 is 5.97 Å². The molecule has 0 unspecified atom stereocenters. The Labute approximate surface area is 91.4 Å². The number of hydrogen-bond acceptors (Lipinski definition) is 3. The topological polar surface area (TPSA) is 46.5 Å². The summed E-state index contributed by atoms with van der Waals surface area (Å²) in [5.74, 6) is -1.49. The summed E-state index contributed by atoms with van der Waals surface area (Å²) in [6.07, 6.45) is -1.48. The van der Waals surface area contributed by atoms with Crippen LogP contribution < -0.4 is 0 Å². The summed E-state index contributed by atoms with van der Waals surface area (Å²) < 4.78 is 17.6. The van der Waals surface area contributed by atoms with E-state index in [-0.39, 0.29) is 17.2 Å². The van der Waals surface area contributed by atoms with Gasteiger partial charge in [-0.05, 0) is 24.6 Å². The van der Waals surface area contributed by atoms with E-state index in [0.717, 1.165) is 6.07 Å². The van der Waals surface area contributed by atoms with Crippen molar-refractivity contribution < 1.29 is 19.0 Å². The molecule has 82 valence electrons. The smallest absolute Gasteiger partial charge is 0.339 e. The van der Waals surface area contributed by atoms with Crippen molar-refractivity contribution in [2.24, 2.45) is 0 Å². The monoisotopic (exact) mass is 232 g/mol. The van der Waals surface area contributed by atoms with Crippen molar-refractivity contribution >= 4 is 17.6 Å². The number of halogens is 2. The maximum absolute atomic E-state index is 13.0. The SMILES string of the molecule is CCOC(=O)[C@H](O)c1ccc(Cl)c(F)c1. The Morgan fingerprint density at radius 1 is 1.67 bits per heavy atom. The van der Waals surface area contributed by atoms with Gasteiger partial charge in [0.1, 0.15) is 5.82 Å². The molecule has 3 nitrogen and oxygen atoms in total. The van der Waals surface area contributed by atoms with Crippen LogP contribution in [0.4, 0.5) is 4.39 Å². The number of ether oxygens (including phenoxy) is 1. The van der Waals surface area contributed by atoms with Crippen LogP contribution in [0.15, 0.2) is 18.2 Å². The van der Waals surface area contributed by atoms with Crippen molar-refractivity contribution in [2.45, 2.75) is 13.0 Å². The molecule has 1 aromatic rings. The molecular weight excluding hydrogens is 223 g/mol. The molecule has 0 amide bonds. The summed E-state index contributed by atoms with van der Waals surface area (Å²) in [4.78, 5) is 11.1. The van der Waals surface area contributed by atoms with Crippen LogP contribution >= 0.6 is 11.6 Å². The minimum atomic E-state index is -1.48. The first-order valence-corrected chi connectivity index (χ1v) is 4.73. The first-order valence-electron chi connectivity index (χ1n) is 4.36. The zero-order chi connectivity index (χ0) is 11.4. The molecule has 0 radical (unpaired) electrons. The quantitative estimate of drug-likeness (QED) is 0.812. The van der Waals surface area contributed by atoms with Crippen LogP contribution in [-0.4, -0.2) is 17.7 Å². The highest BCUT2D eigenvalue weighted by Gasteiger charge is 2.19. The Hall–Kier alpha value is -1.13. The van der Waals surface area contributed by atoms with E-state index in [4.69, 9.17) is 11.6 Å². The molecule has 0 aromatic heterocycles. The zero-order valence-corrected chi connectivity index (χ0v) is 8.79. The molecule has 5 heteroatoms. The molecule has 0 aliphatic heterocycles. The van der Waals surface area contributed by atoms with Crippen LogP contribution in [0.2, 0.25) is 5.02 Å². The van der Waals surface area contributed by atoms with Gasteiger partial charge in [-0.1, -0.05) is 17.7 Å². The van der Waals surface area contributed by atoms with Gasteiger partial charge in [0.2, 0.25) is 0 Å². The van der Waals surface area contributed by atoms with E-state index >= 15 is 0 Å². The highest BCUT2D eigenvalue weighted by Crippen LogP contribution is 2.20. The van der Waals surface area contributed by atoms with Crippen LogP contribution in [0.1, 0.15) is 18.6 Å². The van der Waals surface area contributed by atoms with Crippen LogP contribution in [0.3, 0.4) is 0 Å². The lowest BCUT2D eigenvalue weighted by atomic mass is 10.1. The largest absolute Gasteiger partial charge is 0.464 e. The van der Waals surface area contributed by atoms with E-state index < -0.39 is 17.9 Å². The lowest BCUT2D eigenvalue weighted by Crippen LogP contribution is -2.15. The van der Waals surface area contributed by atoms with Gasteiger partial charge in [-0.3, -0.25) is 0 Å². The van der Waals surface area contributed by atoms with Crippen molar-refractivity contribution in [3.63, 3.8) is 0 Å². The van der Waals surface area contributed by atoms with Crippen molar-refractivity contribution in [1.82, 2.24) is 0 Å². The molecular formula is C10H10ClFO3. The molecule has 1 rings (SSSR count). The minimum Gasteiger partial charge on any atom is -0.464 e. The normalized spacial score (nSPS) is 12.3. The molecule has 1 aromatic carbocycles. The Morgan fingerprint density at radius 3 is 2.87 bits per heavy atom. The van der Waals surface area contributed by atoms with Gasteiger partial charge in [-0.15, -0.1) is 0 Å². The van der Waals surface area contributed by atoms with Gasteiger partial charge in [-0.25, -0.2) is 9.18 Å². The molecule has 1 atom stereocenters. The fraction of sp³-hybridized carbons (Fsp3) is 0.300. The average molecular weight is 233 g/mol. The summed E-state index contributed by atoms with van der Waals surface area (Å²) in [6, 6.07) is 3.64. The molecule has 0 saturated carbocycles. The van der Waals surface area contributed by atoms with Gasteiger partial charge in [-0.2, -0.15) is 0 Å². The molecule has 0 aliphatic rings. The number of aliphatic hydroxyl groups is 1. The first kappa shape index (κ1) is 11.9. The molecule has 0 saturated heterocycles. The predicted octanol–water partition coefficient (Wildman–Crippen LogP) is 2.08. The molecule has 1 N–H and O–H groups in total. The van der Waals surface area contributed by atoms with Gasteiger partial charge in [0, 0.05) is 0 Å². The van der Waals surface area contributed by atoms with E-state index in [1.54, 1.807) is 6.92 Å². The summed E-state index contributed by atoms with van der Waals surface area (Å²) in [7, 11) is 0. The minimum absolute atomic E-state index is 0.0604. The fourth-order valence-corrected chi connectivity index (χ4v) is 1.16. The van der Waals surface area contributed by atoms with Gasteiger partial charge in [0.05, 0.1) is 11.6 Å². The lowest BCUT2D eigenvalue weighted by Gasteiger charge is -2.09. The van der Waals surface area contributed by atoms with Crippen molar-refractivity contribution in [3.05, 3.63) is 34.6 Å². The standard InChI is InChI=1S/C10H10ClFO3/c1-2-15-10(14)9(13)6-3-4-7(11)8(12)5-6/h3-5,9,13H,2H2,1H3/t9-/m1/s1. The number of rotatable bonds is 3. The number of carbonyl (C=O) groups excluding carboxylic acids is 1. The van der Waals surface area contributed by atoms with Gasteiger partial charge in [0.25, 0.3) is 0 Å². The second-order valence-electron chi connectivity index (χ2n) is 2.83. The van der Waals surface area contributed by atoms with Crippen LogP contribution in [-0.2, 0) is 9.53 Å². The van der Waals surface area contributed by atoms with E-state index in [2.05, 4.69) is 4.74 Å². The van der Waals surface area contributed by atoms with Gasteiger partial charge < -0.3 is 9.84 Å². The highest BCUT2D eigenvalue weighted by atomic mass is 35.5. The third-order valence-electron chi connectivity index (χ3n) is 1.77. The third kappa shape index (κ3) is 2.91. The number of carbonyl (C=O) groups is 1. The maximum Gasteiger partial charge on any atom is 0.339 e. The van der Waals surface area contributed by atoms with Crippen LogP contribution in [0, 0.1) is 5.82 Å². The van der Waals surface area contributed by atoms with E-state index in [9.17, 15) is 14.3 Å². The number of benzene rings is 1. The highest BCUT2D eigenvalue weighted by molar-refractivity contribution is 6.30. The Bertz CT molecular complexity index is 368. The lowest BCUT2D eigenvalue weighted by molar-refractivity contribution is -0.153. The second-order valence-corrected chi connectivity index (χ2v) is 3.24. The fourth-order valence-electron chi connectivity index (χ4n) is 1.04. The number of hydrogen-bond donors (Lipinski definition) is 1. The molecule has 15 heavy (non-hydrogen) atoms.